The standard InChI is InChI=1S/C27H38N2O2/c1-6-8-18-29(19-9-7-2)25-14-12-23(13-15-25)26(30)16-10-22-11-17-27(31-5)24(20-22)21-28(3)4/h10-17,20H,6-9,18-19,21H2,1-5H3/b16-10+. The van der Waals surface area contributed by atoms with Gasteiger partial charge in [-0.3, -0.25) is 4.79 Å². The minimum absolute atomic E-state index is 0.0187. The first-order valence-electron chi connectivity index (χ1n) is 11.4. The summed E-state index contributed by atoms with van der Waals surface area (Å²) in [7, 11) is 5.74. The normalized spacial score (nSPS) is 11.3. The maximum absolute atomic E-state index is 12.7. The number of allylic oxidation sites excluding steroid dienone is 1. The predicted molar refractivity (Wildman–Crippen MR) is 132 cm³/mol. The lowest BCUT2D eigenvalue weighted by Gasteiger charge is -2.24. The fraction of sp³-hybridized carbons (Fsp3) is 0.444. The number of carbonyl (C=O) groups is 1. The lowest BCUT2D eigenvalue weighted by atomic mass is 10.1. The third-order valence-corrected chi connectivity index (χ3v) is 5.30. The van der Waals surface area contributed by atoms with Gasteiger partial charge in [-0.05, 0) is 75.0 Å². The molecule has 2 aromatic carbocycles. The van der Waals surface area contributed by atoms with Crippen LogP contribution in [0.15, 0.2) is 48.5 Å². The Labute approximate surface area is 188 Å². The number of rotatable bonds is 13. The summed E-state index contributed by atoms with van der Waals surface area (Å²) in [5, 5.41) is 0. The minimum Gasteiger partial charge on any atom is -0.496 e. The molecule has 2 aromatic rings. The molecule has 168 valence electrons. The van der Waals surface area contributed by atoms with E-state index in [1.165, 1.54) is 31.4 Å². The zero-order valence-electron chi connectivity index (χ0n) is 19.9. The van der Waals surface area contributed by atoms with Crippen molar-refractivity contribution in [3.63, 3.8) is 0 Å². The van der Waals surface area contributed by atoms with Crippen LogP contribution in [-0.4, -0.2) is 45.0 Å². The molecular formula is C27H38N2O2. The van der Waals surface area contributed by atoms with E-state index in [2.05, 4.69) is 41.8 Å². The number of ketones is 1. The van der Waals surface area contributed by atoms with Crippen LogP contribution in [0.1, 0.15) is 61.0 Å². The maximum atomic E-state index is 12.7. The second-order valence-electron chi connectivity index (χ2n) is 8.25. The molecule has 0 unspecified atom stereocenters. The average Bonchev–Trinajstić information content (AvgIpc) is 2.77. The van der Waals surface area contributed by atoms with E-state index in [4.69, 9.17) is 4.74 Å². The van der Waals surface area contributed by atoms with Crippen LogP contribution in [0.2, 0.25) is 0 Å². The first-order chi connectivity index (χ1) is 15.0. The molecule has 0 amide bonds. The number of hydrogen-bond acceptors (Lipinski definition) is 4. The molecule has 0 saturated carbocycles. The molecular weight excluding hydrogens is 384 g/mol. The van der Waals surface area contributed by atoms with E-state index in [1.807, 2.05) is 44.4 Å². The van der Waals surface area contributed by atoms with Gasteiger partial charge in [0.25, 0.3) is 0 Å². The van der Waals surface area contributed by atoms with E-state index in [9.17, 15) is 4.79 Å². The Balaban J connectivity index is 2.10. The van der Waals surface area contributed by atoms with E-state index in [-0.39, 0.29) is 5.78 Å². The topological polar surface area (TPSA) is 32.8 Å². The Bertz CT molecular complexity index is 833. The molecule has 0 spiro atoms. The van der Waals surface area contributed by atoms with Crippen LogP contribution in [0.3, 0.4) is 0 Å². The van der Waals surface area contributed by atoms with Crippen molar-refractivity contribution in [3.8, 4) is 5.75 Å². The summed E-state index contributed by atoms with van der Waals surface area (Å²) in [4.78, 5) is 17.2. The van der Waals surface area contributed by atoms with Crippen molar-refractivity contribution in [1.82, 2.24) is 4.90 Å². The largest absolute Gasteiger partial charge is 0.496 e. The van der Waals surface area contributed by atoms with Gasteiger partial charge < -0.3 is 14.5 Å². The highest BCUT2D eigenvalue weighted by atomic mass is 16.5. The molecule has 0 aliphatic rings. The molecule has 0 saturated heterocycles. The van der Waals surface area contributed by atoms with Gasteiger partial charge in [0.1, 0.15) is 5.75 Å². The zero-order chi connectivity index (χ0) is 22.6. The van der Waals surface area contributed by atoms with Crippen molar-refractivity contribution < 1.29 is 9.53 Å². The van der Waals surface area contributed by atoms with Gasteiger partial charge in [0.2, 0.25) is 0 Å². The Morgan fingerprint density at radius 1 is 0.968 bits per heavy atom. The van der Waals surface area contributed by atoms with Crippen LogP contribution in [0.25, 0.3) is 6.08 Å². The fourth-order valence-electron chi connectivity index (χ4n) is 3.54. The van der Waals surface area contributed by atoms with Crippen molar-refractivity contribution in [3.05, 3.63) is 65.2 Å². The number of benzene rings is 2. The van der Waals surface area contributed by atoms with Crippen molar-refractivity contribution in [1.29, 1.82) is 0 Å². The third kappa shape index (κ3) is 7.87. The smallest absolute Gasteiger partial charge is 0.185 e. The highest BCUT2D eigenvalue weighted by Crippen LogP contribution is 2.22. The van der Waals surface area contributed by atoms with Crippen molar-refractivity contribution in [2.75, 3.05) is 39.2 Å². The molecule has 0 heterocycles. The second kappa shape index (κ2) is 13.0. The summed E-state index contributed by atoms with van der Waals surface area (Å²) in [5.41, 5.74) is 4.01. The van der Waals surface area contributed by atoms with Gasteiger partial charge in [0.15, 0.2) is 5.78 Å². The van der Waals surface area contributed by atoms with Gasteiger partial charge in [-0.1, -0.05) is 38.8 Å². The van der Waals surface area contributed by atoms with Crippen molar-refractivity contribution in [2.45, 2.75) is 46.1 Å². The summed E-state index contributed by atoms with van der Waals surface area (Å²) in [5.74, 6) is 0.883. The van der Waals surface area contributed by atoms with Crippen LogP contribution in [-0.2, 0) is 6.54 Å². The molecule has 0 fully saturated rings. The number of anilines is 1. The Hall–Kier alpha value is -2.59. The van der Waals surface area contributed by atoms with Gasteiger partial charge in [-0.25, -0.2) is 0 Å². The van der Waals surface area contributed by atoms with Crippen LogP contribution >= 0.6 is 0 Å². The zero-order valence-corrected chi connectivity index (χ0v) is 19.9. The van der Waals surface area contributed by atoms with Crippen LogP contribution < -0.4 is 9.64 Å². The van der Waals surface area contributed by atoms with E-state index in [0.717, 1.165) is 36.5 Å². The Kier molecular flexibility index (Phi) is 10.3. The molecule has 0 aromatic heterocycles. The molecule has 0 atom stereocenters. The summed E-state index contributed by atoms with van der Waals surface area (Å²) < 4.78 is 5.45. The van der Waals surface area contributed by atoms with Gasteiger partial charge in [0.05, 0.1) is 7.11 Å². The molecule has 0 bridgehead atoms. The molecule has 0 aliphatic carbocycles. The molecule has 0 N–H and O–H groups in total. The summed E-state index contributed by atoms with van der Waals surface area (Å²) in [6.45, 7) is 7.36. The highest BCUT2D eigenvalue weighted by molar-refractivity contribution is 6.07. The van der Waals surface area contributed by atoms with E-state index in [0.29, 0.717) is 5.56 Å². The van der Waals surface area contributed by atoms with Crippen molar-refractivity contribution >= 4 is 17.5 Å². The number of unbranched alkanes of at least 4 members (excludes halogenated alkanes) is 2. The molecule has 4 nitrogen and oxygen atoms in total. The first kappa shape index (κ1) is 24.7. The van der Waals surface area contributed by atoms with Crippen molar-refractivity contribution in [2.24, 2.45) is 0 Å². The van der Waals surface area contributed by atoms with Crippen LogP contribution in [0, 0.1) is 0 Å². The summed E-state index contributed by atoms with van der Waals surface area (Å²) in [6, 6.07) is 14.1. The maximum Gasteiger partial charge on any atom is 0.185 e. The third-order valence-electron chi connectivity index (χ3n) is 5.30. The number of nitrogens with zero attached hydrogens (tertiary/aromatic N) is 2. The predicted octanol–water partition coefficient (Wildman–Crippen LogP) is 6.06. The molecule has 0 aliphatic heterocycles. The fourth-order valence-corrected chi connectivity index (χ4v) is 3.54. The average molecular weight is 423 g/mol. The lowest BCUT2D eigenvalue weighted by Crippen LogP contribution is -2.25. The quantitative estimate of drug-likeness (QED) is 0.290. The van der Waals surface area contributed by atoms with Gasteiger partial charge in [0, 0.05) is 36.4 Å². The lowest BCUT2D eigenvalue weighted by molar-refractivity contribution is 0.104. The SMILES string of the molecule is CCCCN(CCCC)c1ccc(C(=O)/C=C/c2ccc(OC)c(CN(C)C)c2)cc1. The second-order valence-corrected chi connectivity index (χ2v) is 8.25. The van der Waals surface area contributed by atoms with Gasteiger partial charge in [-0.15, -0.1) is 0 Å². The van der Waals surface area contributed by atoms with E-state index in [1.54, 1.807) is 13.2 Å². The molecule has 0 radical (unpaired) electrons. The number of carbonyl (C=O) groups excluding carboxylic acids is 1. The molecule has 2 rings (SSSR count). The van der Waals surface area contributed by atoms with E-state index < -0.39 is 0 Å². The first-order valence-corrected chi connectivity index (χ1v) is 11.4. The molecule has 31 heavy (non-hydrogen) atoms. The van der Waals surface area contributed by atoms with Gasteiger partial charge in [-0.2, -0.15) is 0 Å². The number of ether oxygens (including phenoxy) is 1. The van der Waals surface area contributed by atoms with Gasteiger partial charge >= 0.3 is 0 Å². The monoisotopic (exact) mass is 422 g/mol. The van der Waals surface area contributed by atoms with Crippen LogP contribution in [0.5, 0.6) is 5.75 Å². The highest BCUT2D eigenvalue weighted by Gasteiger charge is 2.08. The van der Waals surface area contributed by atoms with Crippen LogP contribution in [0.4, 0.5) is 5.69 Å². The summed E-state index contributed by atoms with van der Waals surface area (Å²) >= 11 is 0. The molecule has 4 heteroatoms. The number of methoxy groups -OCH3 is 1. The number of hydrogen-bond donors (Lipinski definition) is 0. The minimum atomic E-state index is 0.0187. The summed E-state index contributed by atoms with van der Waals surface area (Å²) in [6.07, 6.45) is 8.28. The Morgan fingerprint density at radius 2 is 1.61 bits per heavy atom. The Morgan fingerprint density at radius 3 is 2.16 bits per heavy atom. The van der Waals surface area contributed by atoms with E-state index >= 15 is 0 Å².